The molecule has 4 amide bonds. The summed E-state index contributed by atoms with van der Waals surface area (Å²) in [6.45, 7) is 0.0612. The van der Waals surface area contributed by atoms with Crippen LogP contribution in [-0.2, 0) is 9.59 Å². The molecule has 2 unspecified atom stereocenters. The zero-order valence-corrected chi connectivity index (χ0v) is 17.2. The molecule has 0 aromatic heterocycles. The number of amides is 4. The SMILES string of the molecule is CN1C(=O)NC(=O)C2C1N=C(NC1CCCCC1)N2CC(=O)NC1CCCCC1. The third-order valence-corrected chi connectivity index (χ3v) is 6.58. The Morgan fingerprint density at radius 3 is 2.31 bits per heavy atom. The van der Waals surface area contributed by atoms with Crippen LogP contribution in [0.4, 0.5) is 4.79 Å². The van der Waals surface area contributed by atoms with Gasteiger partial charge >= 0.3 is 6.03 Å². The van der Waals surface area contributed by atoms with Crippen molar-refractivity contribution in [1.82, 2.24) is 25.8 Å². The molecule has 9 heteroatoms. The molecule has 3 fully saturated rings. The van der Waals surface area contributed by atoms with Gasteiger partial charge in [-0.05, 0) is 25.7 Å². The molecule has 2 atom stereocenters. The number of hydrogen-bond acceptors (Lipinski definition) is 6. The molecule has 160 valence electrons. The van der Waals surface area contributed by atoms with Crippen molar-refractivity contribution in [3.8, 4) is 0 Å². The summed E-state index contributed by atoms with van der Waals surface area (Å²) in [7, 11) is 1.63. The Morgan fingerprint density at radius 2 is 1.66 bits per heavy atom. The molecule has 2 heterocycles. The standard InChI is InChI=1S/C20H32N6O3/c1-25-17-16(18(28)24-20(25)29)26(12-15(27)21-13-8-4-2-5-9-13)19(23-17)22-14-10-6-3-7-11-14/h13-14,16-17H,2-12H2,1H3,(H,21,27)(H,22,23)(H,24,28,29). The van der Waals surface area contributed by atoms with Crippen molar-refractivity contribution in [3.63, 3.8) is 0 Å². The van der Waals surface area contributed by atoms with Crippen LogP contribution in [0.25, 0.3) is 0 Å². The molecular weight excluding hydrogens is 372 g/mol. The number of likely N-dealkylation sites (N-methyl/N-ethyl adjacent to an activating group) is 1. The van der Waals surface area contributed by atoms with E-state index in [1.807, 2.05) is 0 Å². The zero-order chi connectivity index (χ0) is 20.4. The average molecular weight is 405 g/mol. The molecule has 9 nitrogen and oxygen atoms in total. The number of urea groups is 1. The number of aliphatic imine (C=N–C) groups is 1. The lowest BCUT2D eigenvalue weighted by atomic mass is 9.95. The van der Waals surface area contributed by atoms with Crippen molar-refractivity contribution in [2.75, 3.05) is 13.6 Å². The van der Waals surface area contributed by atoms with Crippen LogP contribution in [0.1, 0.15) is 64.2 Å². The molecule has 2 saturated carbocycles. The van der Waals surface area contributed by atoms with E-state index < -0.39 is 24.1 Å². The molecule has 2 aliphatic heterocycles. The Labute approximate surface area is 171 Å². The largest absolute Gasteiger partial charge is 0.353 e. The lowest BCUT2D eigenvalue weighted by molar-refractivity contribution is -0.128. The van der Waals surface area contributed by atoms with Gasteiger partial charge in [-0.2, -0.15) is 0 Å². The van der Waals surface area contributed by atoms with Gasteiger partial charge in [0.2, 0.25) is 5.91 Å². The fraction of sp³-hybridized carbons (Fsp3) is 0.800. The molecule has 2 aliphatic carbocycles. The average Bonchev–Trinajstić information content (AvgIpc) is 3.06. The number of imide groups is 1. The number of carbonyl (C=O) groups excluding carboxylic acids is 3. The normalized spacial score (nSPS) is 28.7. The predicted octanol–water partition coefficient (Wildman–Crippen LogP) is 0.906. The third-order valence-electron chi connectivity index (χ3n) is 6.58. The fourth-order valence-electron chi connectivity index (χ4n) is 4.92. The maximum atomic E-state index is 12.8. The van der Waals surface area contributed by atoms with Crippen molar-refractivity contribution in [1.29, 1.82) is 0 Å². The van der Waals surface area contributed by atoms with Gasteiger partial charge in [-0.15, -0.1) is 0 Å². The Hall–Kier alpha value is -2.32. The Kier molecular flexibility index (Phi) is 5.91. The Balaban J connectivity index is 1.49. The van der Waals surface area contributed by atoms with Gasteiger partial charge in [0.05, 0.1) is 0 Å². The second-order valence-corrected chi connectivity index (χ2v) is 8.73. The van der Waals surface area contributed by atoms with Crippen molar-refractivity contribution in [3.05, 3.63) is 0 Å². The van der Waals surface area contributed by atoms with Crippen molar-refractivity contribution >= 4 is 23.8 Å². The van der Waals surface area contributed by atoms with Gasteiger partial charge in [0, 0.05) is 19.1 Å². The molecule has 0 aromatic carbocycles. The first kappa shape index (κ1) is 20.0. The summed E-state index contributed by atoms with van der Waals surface area (Å²) in [5.41, 5.74) is 0. The maximum absolute atomic E-state index is 12.8. The minimum absolute atomic E-state index is 0.0612. The molecule has 4 aliphatic rings. The smallest absolute Gasteiger partial charge is 0.325 e. The van der Waals surface area contributed by atoms with Crippen LogP contribution in [0.2, 0.25) is 0 Å². The molecule has 29 heavy (non-hydrogen) atoms. The number of fused-ring (bicyclic) bond motifs is 1. The van der Waals surface area contributed by atoms with Crippen molar-refractivity contribution < 1.29 is 14.4 Å². The second-order valence-electron chi connectivity index (χ2n) is 8.73. The fourth-order valence-corrected chi connectivity index (χ4v) is 4.92. The zero-order valence-electron chi connectivity index (χ0n) is 17.2. The van der Waals surface area contributed by atoms with E-state index in [0.717, 1.165) is 38.5 Å². The van der Waals surface area contributed by atoms with Crippen LogP contribution in [0, 0.1) is 0 Å². The number of nitrogens with zero attached hydrogens (tertiary/aromatic N) is 3. The highest BCUT2D eigenvalue weighted by molar-refractivity contribution is 6.04. The third kappa shape index (κ3) is 4.33. The molecular formula is C20H32N6O3. The summed E-state index contributed by atoms with van der Waals surface area (Å²) in [6, 6.07) is -0.632. The molecule has 0 spiro atoms. The first-order valence-corrected chi connectivity index (χ1v) is 11.0. The van der Waals surface area contributed by atoms with Gasteiger partial charge in [-0.1, -0.05) is 38.5 Å². The van der Waals surface area contributed by atoms with E-state index in [4.69, 9.17) is 0 Å². The topological polar surface area (TPSA) is 106 Å². The molecule has 4 rings (SSSR count). The van der Waals surface area contributed by atoms with Crippen LogP contribution in [0.3, 0.4) is 0 Å². The molecule has 0 radical (unpaired) electrons. The quantitative estimate of drug-likeness (QED) is 0.646. The van der Waals surface area contributed by atoms with E-state index in [0.29, 0.717) is 5.96 Å². The van der Waals surface area contributed by atoms with E-state index in [1.165, 1.54) is 30.6 Å². The van der Waals surface area contributed by atoms with Crippen LogP contribution >= 0.6 is 0 Å². The number of nitrogens with one attached hydrogen (secondary N) is 3. The van der Waals surface area contributed by atoms with E-state index in [2.05, 4.69) is 20.9 Å². The number of guanidine groups is 1. The molecule has 0 aromatic rings. The van der Waals surface area contributed by atoms with E-state index >= 15 is 0 Å². The summed E-state index contributed by atoms with van der Waals surface area (Å²) < 4.78 is 0. The maximum Gasteiger partial charge on any atom is 0.325 e. The summed E-state index contributed by atoms with van der Waals surface area (Å²) in [5, 5.41) is 8.97. The van der Waals surface area contributed by atoms with Crippen LogP contribution in [-0.4, -0.2) is 71.5 Å². The lowest BCUT2D eigenvalue weighted by Crippen LogP contribution is -2.65. The van der Waals surface area contributed by atoms with E-state index in [9.17, 15) is 14.4 Å². The first-order chi connectivity index (χ1) is 14.0. The highest BCUT2D eigenvalue weighted by Crippen LogP contribution is 2.25. The minimum Gasteiger partial charge on any atom is -0.353 e. The van der Waals surface area contributed by atoms with Gasteiger partial charge in [0.15, 0.2) is 18.2 Å². The van der Waals surface area contributed by atoms with Crippen molar-refractivity contribution in [2.24, 2.45) is 4.99 Å². The van der Waals surface area contributed by atoms with Gasteiger partial charge in [-0.25, -0.2) is 9.79 Å². The molecule has 0 bridgehead atoms. The van der Waals surface area contributed by atoms with Crippen LogP contribution < -0.4 is 16.0 Å². The van der Waals surface area contributed by atoms with E-state index in [1.54, 1.807) is 11.9 Å². The molecule has 3 N–H and O–H groups in total. The summed E-state index contributed by atoms with van der Waals surface area (Å²) in [5.74, 6) is 0.0678. The Morgan fingerprint density at radius 1 is 1.03 bits per heavy atom. The number of carbonyl (C=O) groups is 3. The highest BCUT2D eigenvalue weighted by atomic mass is 16.2. The van der Waals surface area contributed by atoms with Crippen LogP contribution in [0.5, 0.6) is 0 Å². The van der Waals surface area contributed by atoms with Crippen LogP contribution in [0.15, 0.2) is 4.99 Å². The van der Waals surface area contributed by atoms with Gasteiger partial charge in [0.1, 0.15) is 6.54 Å². The monoisotopic (exact) mass is 404 g/mol. The minimum atomic E-state index is -0.680. The first-order valence-electron chi connectivity index (χ1n) is 11.0. The van der Waals surface area contributed by atoms with Gasteiger partial charge in [0.25, 0.3) is 5.91 Å². The van der Waals surface area contributed by atoms with Gasteiger partial charge < -0.3 is 20.4 Å². The van der Waals surface area contributed by atoms with Crippen molar-refractivity contribution in [2.45, 2.75) is 88.5 Å². The summed E-state index contributed by atoms with van der Waals surface area (Å²) >= 11 is 0. The Bertz CT molecular complexity index is 684. The summed E-state index contributed by atoms with van der Waals surface area (Å²) in [6.07, 6.45) is 10.6. The second kappa shape index (κ2) is 8.59. The lowest BCUT2D eigenvalue weighted by Gasteiger charge is -2.36. The van der Waals surface area contributed by atoms with E-state index in [-0.39, 0.29) is 24.5 Å². The highest BCUT2D eigenvalue weighted by Gasteiger charge is 2.49. The number of rotatable bonds is 4. The predicted molar refractivity (Wildman–Crippen MR) is 108 cm³/mol. The summed E-state index contributed by atoms with van der Waals surface area (Å²) in [4.78, 5) is 45.3. The molecule has 1 saturated heterocycles. The van der Waals surface area contributed by atoms with Gasteiger partial charge in [-0.3, -0.25) is 14.9 Å². The number of hydrogen-bond donors (Lipinski definition) is 3.